The van der Waals surface area contributed by atoms with Gasteiger partial charge in [0.25, 0.3) is 0 Å². The fraction of sp³-hybridized carbons (Fsp3) is 0.0714. The van der Waals surface area contributed by atoms with Crippen molar-refractivity contribution in [2.75, 3.05) is 0 Å². The largest absolute Gasteiger partial charge is 0.241 e. The highest BCUT2D eigenvalue weighted by molar-refractivity contribution is 6.28. The average Bonchev–Trinajstić information content (AvgIpc) is 2.96. The maximum absolute atomic E-state index is 5.67. The minimum atomic E-state index is 0.272. The predicted octanol–water partition coefficient (Wildman–Crippen LogP) is 2.91. The first-order chi connectivity index (χ1) is 9.31. The molecule has 0 aliphatic heterocycles. The highest BCUT2D eigenvalue weighted by Crippen LogP contribution is 2.13. The Morgan fingerprint density at radius 1 is 1.05 bits per heavy atom. The van der Waals surface area contributed by atoms with E-state index in [1.807, 2.05) is 29.1 Å². The smallest absolute Gasteiger partial charge is 0.222 e. The first-order valence-corrected chi connectivity index (χ1v) is 6.24. The van der Waals surface area contributed by atoms with Crippen LogP contribution >= 0.6 is 11.6 Å². The Kier molecular flexibility index (Phi) is 3.25. The van der Waals surface area contributed by atoms with Crippen LogP contribution in [-0.2, 0) is 6.42 Å². The highest BCUT2D eigenvalue weighted by atomic mass is 35.5. The van der Waals surface area contributed by atoms with E-state index < -0.39 is 0 Å². The molecule has 5 heteroatoms. The van der Waals surface area contributed by atoms with Crippen molar-refractivity contribution in [1.82, 2.24) is 19.7 Å². The Morgan fingerprint density at radius 3 is 2.63 bits per heavy atom. The van der Waals surface area contributed by atoms with E-state index in [1.54, 1.807) is 18.6 Å². The number of rotatable bonds is 3. The lowest BCUT2D eigenvalue weighted by atomic mass is 10.1. The summed E-state index contributed by atoms with van der Waals surface area (Å²) < 4.78 is 1.84. The molecule has 0 saturated heterocycles. The van der Waals surface area contributed by atoms with Crippen LogP contribution in [0.1, 0.15) is 11.1 Å². The van der Waals surface area contributed by atoms with Crippen molar-refractivity contribution in [1.29, 1.82) is 0 Å². The van der Waals surface area contributed by atoms with E-state index in [1.165, 1.54) is 5.56 Å². The highest BCUT2D eigenvalue weighted by Gasteiger charge is 2.01. The van der Waals surface area contributed by atoms with Crippen molar-refractivity contribution >= 4 is 11.6 Å². The standard InChI is InChI=1S/C14H11ClN4/c15-14-16-9-12(10-17-14)7-11-3-1-4-13(8-11)19-6-2-5-18-19/h1-6,8-10H,7H2. The third-order valence-electron chi connectivity index (χ3n) is 2.76. The molecule has 1 aromatic carbocycles. The van der Waals surface area contributed by atoms with Crippen LogP contribution in [0.5, 0.6) is 0 Å². The van der Waals surface area contributed by atoms with E-state index in [4.69, 9.17) is 11.6 Å². The average molecular weight is 271 g/mol. The molecule has 0 aliphatic carbocycles. The maximum Gasteiger partial charge on any atom is 0.222 e. The minimum Gasteiger partial charge on any atom is -0.241 e. The number of aromatic nitrogens is 4. The van der Waals surface area contributed by atoms with Crippen molar-refractivity contribution in [2.24, 2.45) is 0 Å². The van der Waals surface area contributed by atoms with Crippen LogP contribution in [0.15, 0.2) is 55.1 Å². The van der Waals surface area contributed by atoms with Crippen molar-refractivity contribution in [3.05, 3.63) is 71.5 Å². The maximum atomic E-state index is 5.67. The van der Waals surface area contributed by atoms with Crippen molar-refractivity contribution in [3.8, 4) is 5.69 Å². The Bertz CT molecular complexity index is 662. The van der Waals surface area contributed by atoms with Crippen LogP contribution < -0.4 is 0 Å². The number of hydrogen-bond donors (Lipinski definition) is 0. The van der Waals surface area contributed by atoms with Crippen LogP contribution in [0, 0.1) is 0 Å². The Balaban J connectivity index is 1.85. The summed E-state index contributed by atoms with van der Waals surface area (Å²) in [6.45, 7) is 0. The first-order valence-electron chi connectivity index (χ1n) is 5.87. The van der Waals surface area contributed by atoms with Gasteiger partial charge in [-0.05, 0) is 40.9 Å². The first kappa shape index (κ1) is 11.9. The van der Waals surface area contributed by atoms with Gasteiger partial charge in [0.1, 0.15) is 0 Å². The van der Waals surface area contributed by atoms with Gasteiger partial charge in [0.15, 0.2) is 0 Å². The van der Waals surface area contributed by atoms with Crippen molar-refractivity contribution in [3.63, 3.8) is 0 Å². The SMILES string of the molecule is Clc1ncc(Cc2cccc(-n3cccn3)c2)cn1. The Hall–Kier alpha value is -2.20. The van der Waals surface area contributed by atoms with Crippen LogP contribution in [0.25, 0.3) is 5.69 Å². The van der Waals surface area contributed by atoms with Gasteiger partial charge < -0.3 is 0 Å². The summed E-state index contributed by atoms with van der Waals surface area (Å²) in [5.74, 6) is 0. The van der Waals surface area contributed by atoms with Gasteiger partial charge in [-0.2, -0.15) is 5.10 Å². The van der Waals surface area contributed by atoms with E-state index >= 15 is 0 Å². The number of hydrogen-bond acceptors (Lipinski definition) is 3. The second-order valence-corrected chi connectivity index (χ2v) is 4.50. The Labute approximate surface area is 115 Å². The second-order valence-electron chi connectivity index (χ2n) is 4.16. The lowest BCUT2D eigenvalue weighted by Crippen LogP contribution is -1.97. The molecular weight excluding hydrogens is 260 g/mol. The van der Waals surface area contributed by atoms with Gasteiger partial charge in [-0.15, -0.1) is 0 Å². The molecule has 0 fully saturated rings. The van der Waals surface area contributed by atoms with Crippen LogP contribution in [0.4, 0.5) is 0 Å². The van der Waals surface area contributed by atoms with Gasteiger partial charge in [0.05, 0.1) is 5.69 Å². The molecule has 3 rings (SSSR count). The summed E-state index contributed by atoms with van der Waals surface area (Å²) in [4.78, 5) is 7.97. The van der Waals surface area contributed by atoms with E-state index in [2.05, 4.69) is 27.2 Å². The summed E-state index contributed by atoms with van der Waals surface area (Å²) in [6.07, 6.45) is 7.95. The predicted molar refractivity (Wildman–Crippen MR) is 73.4 cm³/mol. The quantitative estimate of drug-likeness (QED) is 0.688. The normalized spacial score (nSPS) is 10.6. The summed E-state index contributed by atoms with van der Waals surface area (Å²) >= 11 is 5.67. The van der Waals surface area contributed by atoms with Gasteiger partial charge in [-0.3, -0.25) is 0 Å². The monoisotopic (exact) mass is 270 g/mol. The molecule has 0 N–H and O–H groups in total. The van der Waals surface area contributed by atoms with Crippen LogP contribution in [0.2, 0.25) is 5.28 Å². The number of halogens is 1. The molecule has 2 heterocycles. The van der Waals surface area contributed by atoms with E-state index in [0.717, 1.165) is 17.7 Å². The molecule has 0 spiro atoms. The molecule has 19 heavy (non-hydrogen) atoms. The summed E-state index contributed by atoms with van der Waals surface area (Å²) in [7, 11) is 0. The molecule has 0 radical (unpaired) electrons. The molecule has 0 unspecified atom stereocenters. The van der Waals surface area contributed by atoms with Crippen molar-refractivity contribution in [2.45, 2.75) is 6.42 Å². The molecule has 0 saturated carbocycles. The molecular formula is C14H11ClN4. The third-order valence-corrected chi connectivity index (χ3v) is 2.96. The van der Waals surface area contributed by atoms with Gasteiger partial charge >= 0.3 is 0 Å². The molecule has 94 valence electrons. The van der Waals surface area contributed by atoms with Gasteiger partial charge in [0.2, 0.25) is 5.28 Å². The topological polar surface area (TPSA) is 43.6 Å². The van der Waals surface area contributed by atoms with Gasteiger partial charge in [-0.1, -0.05) is 12.1 Å². The fourth-order valence-corrected chi connectivity index (χ4v) is 1.99. The third kappa shape index (κ3) is 2.80. The zero-order valence-corrected chi connectivity index (χ0v) is 10.8. The van der Waals surface area contributed by atoms with Gasteiger partial charge in [0, 0.05) is 31.2 Å². The summed E-state index contributed by atoms with van der Waals surface area (Å²) in [5, 5.41) is 4.49. The fourth-order valence-electron chi connectivity index (χ4n) is 1.90. The summed E-state index contributed by atoms with van der Waals surface area (Å²) in [5.41, 5.74) is 3.25. The molecule has 0 bridgehead atoms. The second kappa shape index (κ2) is 5.20. The lowest BCUT2D eigenvalue weighted by Gasteiger charge is -2.05. The zero-order valence-electron chi connectivity index (χ0n) is 10.1. The number of benzene rings is 1. The zero-order chi connectivity index (χ0) is 13.1. The van der Waals surface area contributed by atoms with Gasteiger partial charge in [-0.25, -0.2) is 14.6 Å². The lowest BCUT2D eigenvalue weighted by molar-refractivity contribution is 0.877. The molecule has 4 nitrogen and oxygen atoms in total. The van der Waals surface area contributed by atoms with Crippen LogP contribution in [0.3, 0.4) is 0 Å². The molecule has 0 atom stereocenters. The summed E-state index contributed by atoms with van der Waals surface area (Å²) in [6, 6.07) is 10.1. The van der Waals surface area contributed by atoms with E-state index in [9.17, 15) is 0 Å². The minimum absolute atomic E-state index is 0.272. The van der Waals surface area contributed by atoms with Crippen LogP contribution in [-0.4, -0.2) is 19.7 Å². The van der Waals surface area contributed by atoms with E-state index in [0.29, 0.717) is 0 Å². The van der Waals surface area contributed by atoms with E-state index in [-0.39, 0.29) is 5.28 Å². The molecule has 3 aromatic rings. The molecule has 0 amide bonds. The molecule has 2 aromatic heterocycles. The number of nitrogens with zero attached hydrogens (tertiary/aromatic N) is 4. The van der Waals surface area contributed by atoms with Crippen molar-refractivity contribution < 1.29 is 0 Å². The molecule has 0 aliphatic rings. The Morgan fingerprint density at radius 2 is 1.89 bits per heavy atom.